The maximum Gasteiger partial charge on any atom is 4.00 e. The fraction of sp³-hybridized carbons (Fsp3) is 0.0500. The van der Waals surface area contributed by atoms with Crippen LogP contribution in [0.3, 0.4) is 0 Å². The van der Waals surface area contributed by atoms with Gasteiger partial charge in [-0.25, -0.2) is 6.08 Å². The van der Waals surface area contributed by atoms with Crippen molar-refractivity contribution in [3.05, 3.63) is 90.3 Å². The number of allylic oxidation sites excluding steroid dienone is 4. The zero-order valence-electron chi connectivity index (χ0n) is 12.9. The van der Waals surface area contributed by atoms with Crippen LogP contribution in [-0.2, 0) is 26.2 Å². The standard InChI is InChI=1S/C20H15P.2FH.Zr/c1-2-9-17(10-3-1)21(18-11-5-6-12-18)20-15-14-16-8-4-7-13-19(16)20;;;/h1-5,7-11,13-15H,6H2;2*1H;/q-2;;;+4/p-2. The van der Waals surface area contributed by atoms with Crippen molar-refractivity contribution in [2.24, 2.45) is 0 Å². The number of benzene rings is 2. The van der Waals surface area contributed by atoms with E-state index in [1.165, 1.54) is 26.7 Å². The van der Waals surface area contributed by atoms with Crippen molar-refractivity contribution < 1.29 is 35.6 Å². The molecule has 0 amide bonds. The van der Waals surface area contributed by atoms with E-state index < -0.39 is 7.92 Å². The van der Waals surface area contributed by atoms with Crippen LogP contribution < -0.4 is 20.0 Å². The third-order valence-electron chi connectivity index (χ3n) is 3.83. The van der Waals surface area contributed by atoms with Crippen LogP contribution in [0.1, 0.15) is 6.42 Å². The van der Waals surface area contributed by atoms with Gasteiger partial charge in [0.25, 0.3) is 0 Å². The molecule has 0 radical (unpaired) electrons. The Morgan fingerprint density at radius 2 is 1.58 bits per heavy atom. The molecular weight excluding hydrogens is 400 g/mol. The van der Waals surface area contributed by atoms with Crippen molar-refractivity contribution in [2.75, 3.05) is 0 Å². The molecule has 1 aliphatic rings. The third-order valence-corrected chi connectivity index (χ3v) is 6.31. The fourth-order valence-electron chi connectivity index (χ4n) is 2.86. The van der Waals surface area contributed by atoms with Gasteiger partial charge in [0.2, 0.25) is 0 Å². The normalized spacial score (nSPS) is 13.4. The molecule has 0 heterocycles. The van der Waals surface area contributed by atoms with Gasteiger partial charge in [0, 0.05) is 0 Å². The monoisotopic (exact) mass is 414 g/mol. The zero-order chi connectivity index (χ0) is 14.1. The third kappa shape index (κ3) is 3.85. The van der Waals surface area contributed by atoms with Crippen molar-refractivity contribution in [3.8, 4) is 0 Å². The number of hydrogen-bond acceptors (Lipinski definition) is 0. The molecule has 118 valence electrons. The van der Waals surface area contributed by atoms with Gasteiger partial charge in [0.1, 0.15) is 0 Å². The Morgan fingerprint density at radius 3 is 2.29 bits per heavy atom. The molecule has 0 saturated carbocycles. The molecule has 3 aromatic carbocycles. The van der Waals surface area contributed by atoms with Crippen molar-refractivity contribution in [1.29, 1.82) is 0 Å². The molecule has 4 heteroatoms. The summed E-state index contributed by atoms with van der Waals surface area (Å²) < 4.78 is 0. The van der Waals surface area contributed by atoms with Crippen molar-refractivity contribution >= 4 is 29.3 Å². The predicted octanol–water partition coefficient (Wildman–Crippen LogP) is -1.36. The molecule has 1 aliphatic carbocycles. The smallest absolute Gasteiger partial charge is 1.00 e. The van der Waals surface area contributed by atoms with Gasteiger partial charge in [-0.15, -0.1) is 46.8 Å². The van der Waals surface area contributed by atoms with Crippen LogP contribution in [0.4, 0.5) is 0 Å². The molecule has 0 nitrogen and oxygen atoms in total. The van der Waals surface area contributed by atoms with Crippen LogP contribution in [0.2, 0.25) is 0 Å². The Bertz CT molecular complexity index is 837. The van der Waals surface area contributed by atoms with E-state index in [-0.39, 0.29) is 35.6 Å². The van der Waals surface area contributed by atoms with Crippen LogP contribution >= 0.6 is 7.92 Å². The summed E-state index contributed by atoms with van der Waals surface area (Å²) in [4.78, 5) is 0. The van der Waals surface area contributed by atoms with Gasteiger partial charge in [0.05, 0.1) is 0 Å². The first-order chi connectivity index (χ1) is 10.4. The minimum absolute atomic E-state index is 0. The first-order valence-corrected chi connectivity index (χ1v) is 8.54. The minimum Gasteiger partial charge on any atom is -1.00 e. The SMILES string of the molecule is [C-]1=C(P(c2ccccc2)[c-]2ccc3ccccc32)C=CC1.[F-].[F-].[Zr+4]. The van der Waals surface area contributed by atoms with Crippen LogP contribution in [0.25, 0.3) is 10.8 Å². The van der Waals surface area contributed by atoms with E-state index in [0.29, 0.717) is 0 Å². The minimum atomic E-state index is -0.496. The summed E-state index contributed by atoms with van der Waals surface area (Å²) in [5.74, 6) is 0. The van der Waals surface area contributed by atoms with Crippen LogP contribution in [0.5, 0.6) is 0 Å². The Balaban J connectivity index is 0.000000960. The molecule has 1 atom stereocenters. The summed E-state index contributed by atoms with van der Waals surface area (Å²) in [6.45, 7) is 0. The molecule has 0 spiro atoms. The molecule has 4 rings (SSSR count). The summed E-state index contributed by atoms with van der Waals surface area (Å²) in [5.41, 5.74) is 0. The van der Waals surface area contributed by atoms with Crippen molar-refractivity contribution in [3.63, 3.8) is 0 Å². The molecule has 0 aromatic heterocycles. The largest absolute Gasteiger partial charge is 4.00 e. The van der Waals surface area contributed by atoms with Gasteiger partial charge in [-0.3, -0.25) is 6.08 Å². The van der Waals surface area contributed by atoms with Gasteiger partial charge in [-0.05, 0) is 5.30 Å². The summed E-state index contributed by atoms with van der Waals surface area (Å²) >= 11 is 0. The second kappa shape index (κ2) is 9.26. The predicted molar refractivity (Wildman–Crippen MR) is 92.7 cm³/mol. The van der Waals surface area contributed by atoms with Crippen molar-refractivity contribution in [1.82, 2.24) is 0 Å². The average molecular weight is 416 g/mol. The molecule has 24 heavy (non-hydrogen) atoms. The van der Waals surface area contributed by atoms with E-state index in [1.54, 1.807) is 0 Å². The molecule has 3 aromatic rings. The van der Waals surface area contributed by atoms with E-state index in [2.05, 4.69) is 85.0 Å². The molecule has 0 saturated heterocycles. The second-order valence-corrected chi connectivity index (χ2v) is 7.30. The zero-order valence-corrected chi connectivity index (χ0v) is 16.3. The number of rotatable bonds is 3. The molecule has 0 bridgehead atoms. The van der Waals surface area contributed by atoms with Crippen molar-refractivity contribution in [2.45, 2.75) is 6.42 Å². The summed E-state index contributed by atoms with van der Waals surface area (Å²) in [7, 11) is -0.496. The van der Waals surface area contributed by atoms with Gasteiger partial charge in [-0.1, -0.05) is 44.3 Å². The average Bonchev–Trinajstić information content (AvgIpc) is 3.20. The Labute approximate surface area is 161 Å². The van der Waals surface area contributed by atoms with Crippen LogP contribution in [0, 0.1) is 6.08 Å². The Hall–Kier alpha value is -1.30. The maximum absolute atomic E-state index is 3.54. The first kappa shape index (κ1) is 20.7. The van der Waals surface area contributed by atoms with Crippen LogP contribution in [0.15, 0.2) is 84.2 Å². The van der Waals surface area contributed by atoms with Crippen LogP contribution in [-0.4, -0.2) is 0 Å². The topological polar surface area (TPSA) is 0 Å². The summed E-state index contributed by atoms with van der Waals surface area (Å²) in [5, 5.41) is 6.91. The van der Waals surface area contributed by atoms with E-state index in [0.717, 1.165) is 6.42 Å². The van der Waals surface area contributed by atoms with Gasteiger partial charge >= 0.3 is 26.2 Å². The number of halogens is 2. The van der Waals surface area contributed by atoms with Gasteiger partial charge < -0.3 is 9.41 Å². The Morgan fingerprint density at radius 1 is 0.875 bits per heavy atom. The first-order valence-electron chi connectivity index (χ1n) is 7.20. The fourth-order valence-corrected chi connectivity index (χ4v) is 5.32. The second-order valence-electron chi connectivity index (χ2n) is 5.15. The summed E-state index contributed by atoms with van der Waals surface area (Å²) in [6, 6.07) is 24.1. The quantitative estimate of drug-likeness (QED) is 0.366. The molecule has 0 N–H and O–H groups in total. The van der Waals surface area contributed by atoms with E-state index >= 15 is 0 Å². The molecule has 1 unspecified atom stereocenters. The van der Waals surface area contributed by atoms with E-state index in [9.17, 15) is 0 Å². The van der Waals surface area contributed by atoms with Gasteiger partial charge in [-0.2, -0.15) is 17.5 Å². The molecule has 0 fully saturated rings. The molecular formula is C20H15F2PZr. The van der Waals surface area contributed by atoms with E-state index in [4.69, 9.17) is 0 Å². The number of hydrogen-bond donors (Lipinski definition) is 0. The summed E-state index contributed by atoms with van der Waals surface area (Å²) in [6.07, 6.45) is 8.94. The number of fused-ring (bicyclic) bond motifs is 1. The Kier molecular flexibility index (Phi) is 8.00. The van der Waals surface area contributed by atoms with Gasteiger partial charge in [0.15, 0.2) is 0 Å². The molecule has 0 aliphatic heterocycles. The maximum atomic E-state index is 3.54. The van der Waals surface area contributed by atoms with E-state index in [1.807, 2.05) is 0 Å².